The summed E-state index contributed by atoms with van der Waals surface area (Å²) in [6.45, 7) is -0.303. The predicted octanol–water partition coefficient (Wildman–Crippen LogP) is 5.49. The summed E-state index contributed by atoms with van der Waals surface area (Å²) in [7, 11) is 0. The van der Waals surface area contributed by atoms with Gasteiger partial charge in [0.25, 0.3) is 0 Å². The minimum Gasteiger partial charge on any atom is -0.454 e. The molecule has 0 unspecified atom stereocenters. The summed E-state index contributed by atoms with van der Waals surface area (Å²) in [4.78, 5) is 26.7. The van der Waals surface area contributed by atoms with E-state index in [0.717, 1.165) is 9.75 Å². The molecular formula is C17H11ClO3S3. The van der Waals surface area contributed by atoms with Crippen molar-refractivity contribution in [2.75, 3.05) is 6.61 Å². The van der Waals surface area contributed by atoms with Gasteiger partial charge in [0.15, 0.2) is 6.61 Å². The van der Waals surface area contributed by atoms with Crippen molar-refractivity contribution < 1.29 is 14.3 Å². The molecule has 0 aromatic carbocycles. The second kappa shape index (κ2) is 7.90. The third kappa shape index (κ3) is 4.21. The van der Waals surface area contributed by atoms with Crippen LogP contribution >= 0.6 is 45.6 Å². The van der Waals surface area contributed by atoms with Gasteiger partial charge in [-0.1, -0.05) is 23.7 Å². The molecule has 0 aliphatic carbocycles. The lowest BCUT2D eigenvalue weighted by Crippen LogP contribution is -2.14. The molecule has 0 saturated carbocycles. The van der Waals surface area contributed by atoms with Crippen molar-refractivity contribution in [3.63, 3.8) is 0 Å². The number of carbonyl (C=O) groups excluding carboxylic acids is 2. The third-order valence-electron chi connectivity index (χ3n) is 3.02. The maximum atomic E-state index is 12.5. The van der Waals surface area contributed by atoms with Crippen molar-refractivity contribution in [3.05, 3.63) is 66.1 Å². The first-order valence-electron chi connectivity index (χ1n) is 6.88. The Labute approximate surface area is 155 Å². The number of ether oxygens (including phenoxy) is 1. The molecule has 3 nitrogen and oxygen atoms in total. The van der Waals surface area contributed by atoms with Crippen LogP contribution in [0.4, 0.5) is 0 Å². The molecule has 3 heterocycles. The lowest BCUT2D eigenvalue weighted by atomic mass is 10.2. The van der Waals surface area contributed by atoms with Crippen LogP contribution in [0.15, 0.2) is 47.2 Å². The highest BCUT2D eigenvalue weighted by Gasteiger charge is 2.18. The van der Waals surface area contributed by atoms with E-state index in [2.05, 4.69) is 0 Å². The quantitative estimate of drug-likeness (QED) is 0.315. The van der Waals surface area contributed by atoms with Gasteiger partial charge in [-0.3, -0.25) is 4.79 Å². The molecule has 7 heteroatoms. The molecule has 0 spiro atoms. The molecule has 3 aromatic rings. The van der Waals surface area contributed by atoms with Crippen molar-refractivity contribution in [1.29, 1.82) is 0 Å². The highest BCUT2D eigenvalue weighted by atomic mass is 35.5. The maximum absolute atomic E-state index is 12.5. The van der Waals surface area contributed by atoms with Gasteiger partial charge in [0.2, 0.25) is 5.78 Å². The molecule has 0 saturated heterocycles. The second-order valence-electron chi connectivity index (χ2n) is 4.65. The number of rotatable bonds is 6. The number of esters is 1. The van der Waals surface area contributed by atoms with Gasteiger partial charge in [0, 0.05) is 9.75 Å². The summed E-state index contributed by atoms with van der Waals surface area (Å²) in [5.41, 5.74) is 0.449. The van der Waals surface area contributed by atoms with E-state index in [1.807, 2.05) is 35.0 Å². The van der Waals surface area contributed by atoms with E-state index in [1.54, 1.807) is 18.2 Å². The molecule has 0 amide bonds. The normalized spacial score (nSPS) is 11.5. The Bertz CT molecular complexity index is 861. The van der Waals surface area contributed by atoms with Crippen molar-refractivity contribution in [1.82, 2.24) is 0 Å². The highest BCUT2D eigenvalue weighted by Crippen LogP contribution is 2.26. The largest absolute Gasteiger partial charge is 0.454 e. The fourth-order valence-corrected chi connectivity index (χ4v) is 4.28. The first-order valence-corrected chi connectivity index (χ1v) is 9.83. The van der Waals surface area contributed by atoms with Crippen LogP contribution in [0.3, 0.4) is 0 Å². The van der Waals surface area contributed by atoms with Gasteiger partial charge in [-0.2, -0.15) is 0 Å². The summed E-state index contributed by atoms with van der Waals surface area (Å²) in [6, 6.07) is 10.8. The fourth-order valence-electron chi connectivity index (χ4n) is 1.92. The molecule has 3 aromatic heterocycles. The number of Topliss-reactive ketones (excluding diaryl/α,β-unsaturated/α-hetero) is 1. The number of carbonyl (C=O) groups is 2. The second-order valence-corrected chi connectivity index (χ2v) is 8.30. The Kier molecular flexibility index (Phi) is 5.63. The minimum absolute atomic E-state index is 0.262. The van der Waals surface area contributed by atoms with Gasteiger partial charge < -0.3 is 4.74 Å². The van der Waals surface area contributed by atoms with E-state index in [9.17, 15) is 9.59 Å². The van der Waals surface area contributed by atoms with Crippen LogP contribution in [0.25, 0.3) is 11.6 Å². The first-order chi connectivity index (χ1) is 11.6. The monoisotopic (exact) mass is 394 g/mol. The molecule has 0 radical (unpaired) electrons. The minimum atomic E-state index is -0.512. The van der Waals surface area contributed by atoms with Gasteiger partial charge >= 0.3 is 5.97 Å². The molecule has 122 valence electrons. The fraction of sp³-hybridized carbons (Fsp3) is 0.0588. The van der Waals surface area contributed by atoms with E-state index in [1.165, 1.54) is 34.0 Å². The van der Waals surface area contributed by atoms with Gasteiger partial charge in [0.05, 0.1) is 14.8 Å². The van der Waals surface area contributed by atoms with Crippen LogP contribution in [-0.4, -0.2) is 18.4 Å². The zero-order valence-electron chi connectivity index (χ0n) is 12.2. The molecule has 0 fully saturated rings. The van der Waals surface area contributed by atoms with Crippen molar-refractivity contribution in [2.45, 2.75) is 0 Å². The van der Waals surface area contributed by atoms with Gasteiger partial charge in [-0.15, -0.1) is 34.0 Å². The SMILES string of the molecule is O=C(OCC(=O)c1ccc(Cl)s1)/C(=C\c1cccs1)c1cccs1. The molecule has 3 rings (SSSR count). The van der Waals surface area contributed by atoms with Crippen LogP contribution in [0.5, 0.6) is 0 Å². The highest BCUT2D eigenvalue weighted by molar-refractivity contribution is 7.18. The Hall–Kier alpha value is -1.73. The number of hydrogen-bond donors (Lipinski definition) is 0. The van der Waals surface area contributed by atoms with Gasteiger partial charge in [0.1, 0.15) is 0 Å². The van der Waals surface area contributed by atoms with Gasteiger partial charge in [-0.05, 0) is 41.1 Å². The zero-order valence-corrected chi connectivity index (χ0v) is 15.4. The number of hydrogen-bond acceptors (Lipinski definition) is 6. The summed E-state index contributed by atoms with van der Waals surface area (Å²) < 4.78 is 5.75. The number of ketones is 1. The maximum Gasteiger partial charge on any atom is 0.340 e. The van der Waals surface area contributed by atoms with Crippen LogP contribution in [-0.2, 0) is 9.53 Å². The first kappa shape index (κ1) is 17.1. The smallest absolute Gasteiger partial charge is 0.340 e. The topological polar surface area (TPSA) is 43.4 Å². The third-order valence-corrected chi connectivity index (χ3v) is 6.01. The molecule has 0 aliphatic rings. The van der Waals surface area contributed by atoms with Gasteiger partial charge in [-0.25, -0.2) is 4.79 Å². The zero-order chi connectivity index (χ0) is 16.9. The average molecular weight is 395 g/mol. The van der Waals surface area contributed by atoms with Crippen LogP contribution in [0.2, 0.25) is 4.34 Å². The predicted molar refractivity (Wildman–Crippen MR) is 101 cm³/mol. The van der Waals surface area contributed by atoms with E-state index in [4.69, 9.17) is 16.3 Å². The standard InChI is InChI=1S/C17H11ClO3S3/c18-16-6-5-15(24-16)13(19)10-21-17(20)12(14-4-2-8-23-14)9-11-3-1-7-22-11/h1-9H,10H2/b12-9-. The molecular weight excluding hydrogens is 384 g/mol. The Morgan fingerprint density at radius 2 is 1.83 bits per heavy atom. The number of thiophene rings is 3. The van der Waals surface area contributed by atoms with E-state index in [-0.39, 0.29) is 12.4 Å². The summed E-state index contributed by atoms with van der Waals surface area (Å²) in [5, 5.41) is 3.83. The van der Waals surface area contributed by atoms with Crippen LogP contribution in [0, 0.1) is 0 Å². The van der Waals surface area contributed by atoms with E-state index in [0.29, 0.717) is 14.8 Å². The van der Waals surface area contributed by atoms with Crippen LogP contribution in [0.1, 0.15) is 19.4 Å². The van der Waals surface area contributed by atoms with Crippen molar-refractivity contribution in [2.24, 2.45) is 0 Å². The van der Waals surface area contributed by atoms with Crippen molar-refractivity contribution >= 4 is 69.0 Å². The molecule has 0 bridgehead atoms. The van der Waals surface area contributed by atoms with Crippen LogP contribution < -0.4 is 0 Å². The molecule has 0 atom stereocenters. The number of halogens is 1. The summed E-state index contributed by atoms with van der Waals surface area (Å²) >= 11 is 9.97. The Balaban J connectivity index is 1.74. The Morgan fingerprint density at radius 3 is 2.46 bits per heavy atom. The summed E-state index contributed by atoms with van der Waals surface area (Å²) in [5.74, 6) is -0.774. The average Bonchev–Trinajstić information content (AvgIpc) is 3.31. The van der Waals surface area contributed by atoms with E-state index < -0.39 is 5.97 Å². The molecule has 24 heavy (non-hydrogen) atoms. The molecule has 0 aliphatic heterocycles. The van der Waals surface area contributed by atoms with Crippen molar-refractivity contribution in [3.8, 4) is 0 Å². The molecule has 0 N–H and O–H groups in total. The Morgan fingerprint density at radius 1 is 1.04 bits per heavy atom. The lowest BCUT2D eigenvalue weighted by molar-refractivity contribution is -0.135. The lowest BCUT2D eigenvalue weighted by Gasteiger charge is -2.06. The van der Waals surface area contributed by atoms with E-state index >= 15 is 0 Å². The summed E-state index contributed by atoms with van der Waals surface area (Å²) in [6.07, 6.45) is 1.78.